The van der Waals surface area contributed by atoms with Crippen LogP contribution in [0.5, 0.6) is 0 Å². The van der Waals surface area contributed by atoms with Crippen molar-refractivity contribution in [1.29, 1.82) is 0 Å². The summed E-state index contributed by atoms with van der Waals surface area (Å²) in [5.41, 5.74) is 2.66. The van der Waals surface area contributed by atoms with Crippen LogP contribution in [-0.2, 0) is 0 Å². The Morgan fingerprint density at radius 1 is 1.18 bits per heavy atom. The molecule has 0 spiro atoms. The fourth-order valence-electron chi connectivity index (χ4n) is 1.90. The van der Waals surface area contributed by atoms with Gasteiger partial charge < -0.3 is 4.98 Å². The molecule has 2 heterocycles. The molecule has 3 heteroatoms. The fraction of sp³-hybridized carbons (Fsp3) is 0.0714. The monoisotopic (exact) mass is 241 g/mol. The molecule has 0 amide bonds. The third kappa shape index (κ3) is 1.68. The summed E-state index contributed by atoms with van der Waals surface area (Å²) in [5, 5.41) is 3.01. The molecule has 0 bridgehead atoms. The molecule has 0 aliphatic rings. The molecular weight excluding hydrogens is 230 g/mol. The van der Waals surface area contributed by atoms with Crippen LogP contribution in [0.15, 0.2) is 41.9 Å². The maximum Gasteiger partial charge on any atom is 0.195 e. The van der Waals surface area contributed by atoms with E-state index in [0.717, 1.165) is 26.9 Å². The summed E-state index contributed by atoms with van der Waals surface area (Å²) in [4.78, 5) is 16.5. The number of hydrogen-bond acceptors (Lipinski definition) is 2. The van der Waals surface area contributed by atoms with Gasteiger partial charge in [0.1, 0.15) is 4.83 Å². The van der Waals surface area contributed by atoms with Gasteiger partial charge in [0, 0.05) is 22.7 Å². The summed E-state index contributed by atoms with van der Waals surface area (Å²) >= 11 is 1.62. The fourth-order valence-corrected chi connectivity index (χ4v) is 2.67. The third-order valence-corrected chi connectivity index (χ3v) is 3.71. The topological polar surface area (TPSA) is 32.9 Å². The molecule has 0 radical (unpaired) electrons. The van der Waals surface area contributed by atoms with Gasteiger partial charge in [-0.25, -0.2) is 0 Å². The Bertz CT molecular complexity index is 676. The van der Waals surface area contributed by atoms with E-state index in [4.69, 9.17) is 0 Å². The van der Waals surface area contributed by atoms with Crippen molar-refractivity contribution in [3.8, 4) is 0 Å². The van der Waals surface area contributed by atoms with Crippen molar-refractivity contribution in [3.63, 3.8) is 0 Å². The van der Waals surface area contributed by atoms with Gasteiger partial charge in [0.2, 0.25) is 0 Å². The number of nitrogens with one attached hydrogen (secondary N) is 1. The summed E-state index contributed by atoms with van der Waals surface area (Å²) in [7, 11) is 0. The number of fused-ring (bicyclic) bond motifs is 1. The summed E-state index contributed by atoms with van der Waals surface area (Å²) in [6.07, 6.45) is 1.79. The van der Waals surface area contributed by atoms with Crippen molar-refractivity contribution >= 4 is 27.3 Å². The van der Waals surface area contributed by atoms with E-state index < -0.39 is 0 Å². The molecule has 1 aromatic carbocycles. The van der Waals surface area contributed by atoms with E-state index in [2.05, 4.69) is 4.98 Å². The number of thiophene rings is 1. The zero-order chi connectivity index (χ0) is 11.8. The zero-order valence-corrected chi connectivity index (χ0v) is 10.2. The predicted octanol–water partition coefficient (Wildman–Crippen LogP) is 3.77. The smallest absolute Gasteiger partial charge is 0.195 e. The van der Waals surface area contributed by atoms with Crippen LogP contribution in [0.25, 0.3) is 10.2 Å². The third-order valence-electron chi connectivity index (χ3n) is 2.86. The number of aryl methyl sites for hydroxylation is 1. The molecule has 3 aromatic rings. The number of ketones is 1. The largest absolute Gasteiger partial charge is 0.352 e. The Morgan fingerprint density at radius 3 is 2.71 bits per heavy atom. The second-order valence-corrected chi connectivity index (χ2v) is 4.98. The number of aromatic amines is 1. The molecule has 0 aliphatic carbocycles. The lowest BCUT2D eigenvalue weighted by Gasteiger charge is -1.99. The van der Waals surface area contributed by atoms with Crippen molar-refractivity contribution in [2.75, 3.05) is 0 Å². The lowest BCUT2D eigenvalue weighted by molar-refractivity contribution is 0.104. The minimum Gasteiger partial charge on any atom is -0.352 e. The van der Waals surface area contributed by atoms with Gasteiger partial charge in [-0.15, -0.1) is 11.3 Å². The highest BCUT2D eigenvalue weighted by atomic mass is 32.1. The molecule has 0 saturated heterocycles. The quantitative estimate of drug-likeness (QED) is 0.681. The summed E-state index contributed by atoms with van der Waals surface area (Å²) in [6, 6.07) is 9.67. The van der Waals surface area contributed by atoms with E-state index in [1.54, 1.807) is 17.5 Å². The van der Waals surface area contributed by atoms with Crippen molar-refractivity contribution in [2.24, 2.45) is 0 Å². The molecule has 0 aliphatic heterocycles. The van der Waals surface area contributed by atoms with Crippen LogP contribution >= 0.6 is 11.3 Å². The number of carbonyl (C=O) groups excluding carboxylic acids is 1. The van der Waals surface area contributed by atoms with E-state index in [-0.39, 0.29) is 5.78 Å². The van der Waals surface area contributed by atoms with Crippen molar-refractivity contribution in [3.05, 3.63) is 58.6 Å². The van der Waals surface area contributed by atoms with Crippen LogP contribution in [0.3, 0.4) is 0 Å². The Kier molecular flexibility index (Phi) is 2.34. The van der Waals surface area contributed by atoms with Crippen LogP contribution in [0.4, 0.5) is 0 Å². The van der Waals surface area contributed by atoms with E-state index in [0.29, 0.717) is 0 Å². The minimum absolute atomic E-state index is 0.0784. The second-order valence-electron chi connectivity index (χ2n) is 4.06. The Hall–Kier alpha value is -1.87. The van der Waals surface area contributed by atoms with Crippen molar-refractivity contribution in [1.82, 2.24) is 4.98 Å². The summed E-state index contributed by atoms with van der Waals surface area (Å²) < 4.78 is 0. The highest BCUT2D eigenvalue weighted by Crippen LogP contribution is 2.25. The maximum absolute atomic E-state index is 12.3. The van der Waals surface area contributed by atoms with E-state index in [9.17, 15) is 4.79 Å². The first-order valence-corrected chi connectivity index (χ1v) is 6.29. The normalized spacial score (nSPS) is 10.9. The van der Waals surface area contributed by atoms with E-state index in [1.165, 1.54) is 0 Å². The van der Waals surface area contributed by atoms with E-state index >= 15 is 0 Å². The molecule has 84 valence electrons. The molecule has 0 atom stereocenters. The lowest BCUT2D eigenvalue weighted by Crippen LogP contribution is -1.99. The average Bonchev–Trinajstić information content (AvgIpc) is 2.90. The Labute approximate surface area is 103 Å². The molecule has 2 aromatic heterocycles. The molecule has 2 nitrogen and oxygen atoms in total. The highest BCUT2D eigenvalue weighted by molar-refractivity contribution is 7.16. The number of aromatic nitrogens is 1. The summed E-state index contributed by atoms with van der Waals surface area (Å²) in [5.74, 6) is 0.0784. The van der Waals surface area contributed by atoms with Gasteiger partial charge in [0.15, 0.2) is 5.78 Å². The Balaban J connectivity index is 2.08. The first-order valence-electron chi connectivity index (χ1n) is 5.41. The number of rotatable bonds is 2. The second kappa shape index (κ2) is 3.86. The van der Waals surface area contributed by atoms with Crippen molar-refractivity contribution < 1.29 is 4.79 Å². The lowest BCUT2D eigenvalue weighted by atomic mass is 10.0. The number of hydrogen-bond donors (Lipinski definition) is 1. The molecule has 0 unspecified atom stereocenters. The molecule has 1 N–H and O–H groups in total. The molecule has 3 rings (SSSR count). The average molecular weight is 241 g/mol. The van der Waals surface area contributed by atoms with Gasteiger partial charge in [0.05, 0.1) is 0 Å². The number of carbonyl (C=O) groups is 1. The van der Waals surface area contributed by atoms with Gasteiger partial charge in [-0.05, 0) is 18.4 Å². The highest BCUT2D eigenvalue weighted by Gasteiger charge is 2.14. The van der Waals surface area contributed by atoms with Crippen molar-refractivity contribution in [2.45, 2.75) is 6.92 Å². The van der Waals surface area contributed by atoms with Gasteiger partial charge in [0.25, 0.3) is 0 Å². The van der Waals surface area contributed by atoms with Crippen LogP contribution in [-0.4, -0.2) is 10.8 Å². The number of benzene rings is 1. The molecule has 17 heavy (non-hydrogen) atoms. The SMILES string of the molecule is Cc1ccc(C(=O)c2c[nH]c3sccc23)cc1. The number of H-pyrrole nitrogens is 1. The van der Waals surface area contributed by atoms with Gasteiger partial charge in [-0.1, -0.05) is 29.8 Å². The van der Waals surface area contributed by atoms with Gasteiger partial charge >= 0.3 is 0 Å². The molecular formula is C14H11NOS. The van der Waals surface area contributed by atoms with Gasteiger partial charge in [-0.2, -0.15) is 0 Å². The first kappa shape index (κ1) is 10.3. The van der Waals surface area contributed by atoms with Crippen LogP contribution in [0.1, 0.15) is 21.5 Å². The van der Waals surface area contributed by atoms with Crippen LogP contribution < -0.4 is 0 Å². The first-order chi connectivity index (χ1) is 8.25. The van der Waals surface area contributed by atoms with Gasteiger partial charge in [-0.3, -0.25) is 4.79 Å². The Morgan fingerprint density at radius 2 is 1.94 bits per heavy atom. The molecule has 0 saturated carbocycles. The van der Waals surface area contributed by atoms with Crippen LogP contribution in [0.2, 0.25) is 0 Å². The minimum atomic E-state index is 0.0784. The van der Waals surface area contributed by atoms with E-state index in [1.807, 2.05) is 42.6 Å². The molecule has 0 fully saturated rings. The maximum atomic E-state index is 12.3. The zero-order valence-electron chi connectivity index (χ0n) is 9.36. The predicted molar refractivity (Wildman–Crippen MR) is 70.8 cm³/mol. The summed E-state index contributed by atoms with van der Waals surface area (Å²) in [6.45, 7) is 2.02. The standard InChI is InChI=1S/C14H11NOS/c1-9-2-4-10(5-3-9)13(16)12-8-15-14-11(12)6-7-17-14/h2-8,15H,1H3. The van der Waals surface area contributed by atoms with Crippen LogP contribution in [0, 0.1) is 6.92 Å².